The smallest absolute Gasteiger partial charge is 0.209 e. The first-order valence-corrected chi connectivity index (χ1v) is 7.13. The van der Waals surface area contributed by atoms with Crippen LogP contribution in [0.25, 0.3) is 10.9 Å². The highest BCUT2D eigenvalue weighted by Gasteiger charge is 2.12. The minimum absolute atomic E-state index is 0.0406. The zero-order valence-corrected chi connectivity index (χ0v) is 12.6. The van der Waals surface area contributed by atoms with Gasteiger partial charge in [0.05, 0.1) is 5.69 Å². The number of aryl methyl sites for hydroxylation is 1. The Morgan fingerprint density at radius 3 is 2.52 bits per heavy atom. The van der Waals surface area contributed by atoms with E-state index < -0.39 is 0 Å². The number of hydrogen-bond acceptors (Lipinski definition) is 2. The highest BCUT2D eigenvalue weighted by Crippen LogP contribution is 2.19. The van der Waals surface area contributed by atoms with Crippen molar-refractivity contribution in [2.75, 3.05) is 5.73 Å². The van der Waals surface area contributed by atoms with Crippen LogP contribution in [0.3, 0.4) is 0 Å². The first-order valence-electron chi connectivity index (χ1n) is 7.13. The molecule has 2 aromatic carbocycles. The maximum Gasteiger partial charge on any atom is 0.209 e. The zero-order chi connectivity index (χ0) is 15.4. The van der Waals surface area contributed by atoms with Crippen LogP contribution in [0.4, 0.5) is 5.69 Å². The van der Waals surface area contributed by atoms with E-state index in [1.54, 1.807) is 24.3 Å². The Kier molecular flexibility index (Phi) is 4.43. The standard InChI is InChI=1S/C16H14N2O.C2H6/c1-10-5-6-14-12(7-10)9-15(18-14)16(19)11-3-2-4-13(17)8-11;1-2/h2-9,18H,17H2,1H3;1-2H3. The molecule has 0 atom stereocenters. The van der Waals surface area contributed by atoms with Crippen molar-refractivity contribution in [3.05, 3.63) is 65.4 Å². The summed E-state index contributed by atoms with van der Waals surface area (Å²) in [5.74, 6) is -0.0406. The van der Waals surface area contributed by atoms with Crippen LogP contribution in [-0.2, 0) is 0 Å². The number of aromatic nitrogens is 1. The molecule has 0 saturated carbocycles. The molecule has 0 bridgehead atoms. The van der Waals surface area contributed by atoms with Gasteiger partial charge in [-0.25, -0.2) is 0 Å². The summed E-state index contributed by atoms with van der Waals surface area (Å²) >= 11 is 0. The molecular weight excluding hydrogens is 260 g/mol. The molecule has 3 heteroatoms. The maximum atomic E-state index is 12.4. The molecule has 3 aromatic rings. The maximum absolute atomic E-state index is 12.4. The summed E-state index contributed by atoms with van der Waals surface area (Å²) < 4.78 is 0. The Hall–Kier alpha value is -2.55. The summed E-state index contributed by atoms with van der Waals surface area (Å²) in [5.41, 5.74) is 9.64. The van der Waals surface area contributed by atoms with Gasteiger partial charge in [-0.1, -0.05) is 37.6 Å². The summed E-state index contributed by atoms with van der Waals surface area (Å²) in [6.45, 7) is 6.03. The molecule has 1 aromatic heterocycles. The van der Waals surface area contributed by atoms with Gasteiger partial charge in [-0.3, -0.25) is 4.79 Å². The van der Waals surface area contributed by atoms with Gasteiger partial charge in [-0.05, 0) is 37.3 Å². The quantitative estimate of drug-likeness (QED) is 0.542. The van der Waals surface area contributed by atoms with Crippen molar-refractivity contribution in [2.45, 2.75) is 20.8 Å². The SMILES string of the molecule is CC.Cc1ccc2[nH]c(C(=O)c3cccc(N)c3)cc2c1. The Balaban J connectivity index is 0.000000774. The number of fused-ring (bicyclic) bond motifs is 1. The molecule has 0 aliphatic rings. The van der Waals surface area contributed by atoms with Crippen LogP contribution in [0.5, 0.6) is 0 Å². The molecule has 0 radical (unpaired) electrons. The molecule has 3 nitrogen and oxygen atoms in total. The normalized spacial score (nSPS) is 10.0. The molecule has 0 saturated heterocycles. The third kappa shape index (κ3) is 3.14. The fraction of sp³-hybridized carbons (Fsp3) is 0.167. The third-order valence-electron chi connectivity index (χ3n) is 3.17. The number of ketones is 1. The number of nitrogens with two attached hydrogens (primary N) is 1. The van der Waals surface area contributed by atoms with Gasteiger partial charge in [0, 0.05) is 22.2 Å². The van der Waals surface area contributed by atoms with Crippen molar-refractivity contribution in [2.24, 2.45) is 0 Å². The molecule has 0 fully saturated rings. The number of carbonyl (C=O) groups excluding carboxylic acids is 1. The molecule has 0 aliphatic carbocycles. The molecule has 0 spiro atoms. The fourth-order valence-electron chi connectivity index (χ4n) is 2.21. The van der Waals surface area contributed by atoms with E-state index in [9.17, 15) is 4.79 Å². The average Bonchev–Trinajstić information content (AvgIpc) is 2.91. The molecule has 0 aliphatic heterocycles. The van der Waals surface area contributed by atoms with Gasteiger partial charge in [0.2, 0.25) is 5.78 Å². The van der Waals surface area contributed by atoms with Gasteiger partial charge in [0.25, 0.3) is 0 Å². The number of H-pyrrole nitrogens is 1. The highest BCUT2D eigenvalue weighted by atomic mass is 16.1. The first kappa shape index (κ1) is 14.9. The van der Waals surface area contributed by atoms with Crippen LogP contribution in [0, 0.1) is 6.92 Å². The number of rotatable bonds is 2. The van der Waals surface area contributed by atoms with E-state index in [4.69, 9.17) is 5.73 Å². The van der Waals surface area contributed by atoms with Crippen molar-refractivity contribution >= 4 is 22.4 Å². The van der Waals surface area contributed by atoms with Crippen LogP contribution < -0.4 is 5.73 Å². The van der Waals surface area contributed by atoms with Crippen LogP contribution >= 0.6 is 0 Å². The lowest BCUT2D eigenvalue weighted by Crippen LogP contribution is -2.02. The minimum Gasteiger partial charge on any atom is -0.399 e. The summed E-state index contributed by atoms with van der Waals surface area (Å²) in [6.07, 6.45) is 0. The average molecular weight is 280 g/mol. The van der Waals surface area contributed by atoms with Gasteiger partial charge in [0.1, 0.15) is 0 Å². The summed E-state index contributed by atoms with van der Waals surface area (Å²) in [7, 11) is 0. The molecule has 1 heterocycles. The number of aromatic amines is 1. The van der Waals surface area contributed by atoms with E-state index in [-0.39, 0.29) is 5.78 Å². The topological polar surface area (TPSA) is 58.9 Å². The molecule has 108 valence electrons. The van der Waals surface area contributed by atoms with E-state index in [1.807, 2.05) is 39.0 Å². The van der Waals surface area contributed by atoms with Crippen LogP contribution in [0.2, 0.25) is 0 Å². The van der Waals surface area contributed by atoms with Crippen LogP contribution in [0.15, 0.2) is 48.5 Å². The number of anilines is 1. The minimum atomic E-state index is -0.0406. The molecule has 0 amide bonds. The van der Waals surface area contributed by atoms with E-state index in [1.165, 1.54) is 5.56 Å². The van der Waals surface area contributed by atoms with Gasteiger partial charge >= 0.3 is 0 Å². The van der Waals surface area contributed by atoms with E-state index in [2.05, 4.69) is 11.1 Å². The van der Waals surface area contributed by atoms with Crippen LogP contribution in [-0.4, -0.2) is 10.8 Å². The molecular formula is C18H20N2O. The molecule has 3 rings (SSSR count). The predicted octanol–water partition coefficient (Wildman–Crippen LogP) is 4.32. The lowest BCUT2D eigenvalue weighted by molar-refractivity contribution is 0.103. The van der Waals surface area contributed by atoms with Crippen molar-refractivity contribution < 1.29 is 4.79 Å². The van der Waals surface area contributed by atoms with E-state index in [0.717, 1.165) is 10.9 Å². The Bertz CT molecular complexity index is 772. The van der Waals surface area contributed by atoms with Gasteiger partial charge in [-0.15, -0.1) is 0 Å². The largest absolute Gasteiger partial charge is 0.399 e. The Morgan fingerprint density at radius 1 is 1.05 bits per heavy atom. The number of nitrogen functional groups attached to an aromatic ring is 1. The number of benzene rings is 2. The van der Waals surface area contributed by atoms with E-state index in [0.29, 0.717) is 16.9 Å². The highest BCUT2D eigenvalue weighted by molar-refractivity contribution is 6.10. The summed E-state index contributed by atoms with van der Waals surface area (Å²) in [6, 6.07) is 15.0. The lowest BCUT2D eigenvalue weighted by Gasteiger charge is -1.99. The second kappa shape index (κ2) is 6.27. The number of hydrogen-bond donors (Lipinski definition) is 2. The lowest BCUT2D eigenvalue weighted by atomic mass is 10.1. The van der Waals surface area contributed by atoms with Gasteiger partial charge in [0.15, 0.2) is 0 Å². The van der Waals surface area contributed by atoms with Crippen molar-refractivity contribution in [1.82, 2.24) is 4.98 Å². The second-order valence-corrected chi connectivity index (χ2v) is 4.73. The Morgan fingerprint density at radius 2 is 1.81 bits per heavy atom. The molecule has 0 unspecified atom stereocenters. The summed E-state index contributed by atoms with van der Waals surface area (Å²) in [4.78, 5) is 15.5. The number of carbonyl (C=O) groups is 1. The number of nitrogens with one attached hydrogen (secondary N) is 1. The van der Waals surface area contributed by atoms with Crippen LogP contribution in [0.1, 0.15) is 35.5 Å². The monoisotopic (exact) mass is 280 g/mol. The van der Waals surface area contributed by atoms with E-state index >= 15 is 0 Å². The van der Waals surface area contributed by atoms with Gasteiger partial charge < -0.3 is 10.7 Å². The molecule has 3 N–H and O–H groups in total. The van der Waals surface area contributed by atoms with Crippen molar-refractivity contribution in [3.8, 4) is 0 Å². The second-order valence-electron chi connectivity index (χ2n) is 4.73. The molecule has 21 heavy (non-hydrogen) atoms. The first-order chi connectivity index (χ1) is 10.1. The summed E-state index contributed by atoms with van der Waals surface area (Å²) in [5, 5.41) is 1.05. The zero-order valence-electron chi connectivity index (χ0n) is 12.6. The van der Waals surface area contributed by atoms with Crippen molar-refractivity contribution in [1.29, 1.82) is 0 Å². The van der Waals surface area contributed by atoms with Crippen molar-refractivity contribution in [3.63, 3.8) is 0 Å². The third-order valence-corrected chi connectivity index (χ3v) is 3.17. The Labute approximate surface area is 124 Å². The van der Waals surface area contributed by atoms with Gasteiger partial charge in [-0.2, -0.15) is 0 Å². The fourth-order valence-corrected chi connectivity index (χ4v) is 2.21. The predicted molar refractivity (Wildman–Crippen MR) is 88.7 cm³/mol.